The van der Waals surface area contributed by atoms with Crippen LogP contribution in [0.2, 0.25) is 10.0 Å². The smallest absolute Gasteiger partial charge is 0.320 e. The Bertz CT molecular complexity index is 1320. The quantitative estimate of drug-likeness (QED) is 0.432. The molecule has 170 valence electrons. The third kappa shape index (κ3) is 3.87. The number of fused-ring (bicyclic) bond motifs is 2. The number of imidazole rings is 1. The monoisotopic (exact) mass is 485 g/mol. The number of aromatic nitrogens is 5. The van der Waals surface area contributed by atoms with Crippen LogP contribution in [0.25, 0.3) is 22.4 Å². The highest BCUT2D eigenvalue weighted by Crippen LogP contribution is 2.35. The van der Waals surface area contributed by atoms with Crippen molar-refractivity contribution < 1.29 is 9.53 Å². The molecule has 5 rings (SSSR count). The minimum absolute atomic E-state index is 0.0431. The van der Waals surface area contributed by atoms with Crippen molar-refractivity contribution in [3.63, 3.8) is 0 Å². The number of carbonyl (C=O) groups is 1. The number of benzene rings is 1. The summed E-state index contributed by atoms with van der Waals surface area (Å²) in [4.78, 5) is 27.5. The number of nitrogens with one attached hydrogen (secondary N) is 2. The second kappa shape index (κ2) is 8.24. The average Bonchev–Trinajstić information content (AvgIpc) is 3.45. The van der Waals surface area contributed by atoms with Gasteiger partial charge in [-0.15, -0.1) is 0 Å². The van der Waals surface area contributed by atoms with E-state index in [0.717, 1.165) is 22.3 Å². The van der Waals surface area contributed by atoms with Gasteiger partial charge in [-0.2, -0.15) is 5.10 Å². The molecular weight excluding hydrogens is 465 g/mol. The third-order valence-corrected chi connectivity index (χ3v) is 6.18. The fraction of sp³-hybridized carbons (Fsp3) is 0.273. The van der Waals surface area contributed by atoms with E-state index in [1.165, 1.54) is 0 Å². The topological polar surface area (TPSA) is 103 Å². The molecule has 3 aromatic heterocycles. The largest absolute Gasteiger partial charge is 0.486 e. The van der Waals surface area contributed by atoms with Gasteiger partial charge < -0.3 is 19.5 Å². The van der Waals surface area contributed by atoms with E-state index in [1.807, 2.05) is 25.1 Å². The summed E-state index contributed by atoms with van der Waals surface area (Å²) in [5.41, 5.74) is 3.98. The zero-order chi connectivity index (χ0) is 23.3. The van der Waals surface area contributed by atoms with Crippen LogP contribution in [-0.2, 0) is 13.1 Å². The van der Waals surface area contributed by atoms with Gasteiger partial charge in [0.05, 0.1) is 40.0 Å². The van der Waals surface area contributed by atoms with Gasteiger partial charge in [0, 0.05) is 37.4 Å². The predicted molar refractivity (Wildman–Crippen MR) is 125 cm³/mol. The Morgan fingerprint density at radius 2 is 1.97 bits per heavy atom. The van der Waals surface area contributed by atoms with Crippen molar-refractivity contribution in [2.24, 2.45) is 0 Å². The molecular formula is C22H21Cl2N7O2. The van der Waals surface area contributed by atoms with Crippen LogP contribution in [0.15, 0.2) is 30.6 Å². The summed E-state index contributed by atoms with van der Waals surface area (Å²) in [7, 11) is 3.47. The van der Waals surface area contributed by atoms with E-state index in [1.54, 1.807) is 36.3 Å². The van der Waals surface area contributed by atoms with Crippen LogP contribution < -0.4 is 4.74 Å². The number of nitrogens with zero attached hydrogens (tertiary/aromatic N) is 5. The molecule has 2 amide bonds. The molecule has 0 fully saturated rings. The Balaban J connectivity index is 1.41. The van der Waals surface area contributed by atoms with Gasteiger partial charge in [-0.3, -0.25) is 10.1 Å². The van der Waals surface area contributed by atoms with Gasteiger partial charge in [-0.1, -0.05) is 23.2 Å². The van der Waals surface area contributed by atoms with Crippen LogP contribution in [0.4, 0.5) is 4.79 Å². The lowest BCUT2D eigenvalue weighted by Crippen LogP contribution is -2.35. The highest BCUT2D eigenvalue weighted by atomic mass is 35.5. The first-order valence-corrected chi connectivity index (χ1v) is 11.1. The van der Waals surface area contributed by atoms with Gasteiger partial charge in [-0.25, -0.2) is 9.78 Å². The second-order valence-electron chi connectivity index (χ2n) is 8.10. The van der Waals surface area contributed by atoms with Crippen molar-refractivity contribution in [2.45, 2.75) is 26.1 Å². The molecule has 0 radical (unpaired) electrons. The molecule has 1 atom stereocenters. The maximum Gasteiger partial charge on any atom is 0.320 e. The van der Waals surface area contributed by atoms with Gasteiger partial charge in [0.1, 0.15) is 17.5 Å². The minimum Gasteiger partial charge on any atom is -0.486 e. The summed E-state index contributed by atoms with van der Waals surface area (Å²) < 4.78 is 6.14. The summed E-state index contributed by atoms with van der Waals surface area (Å²) in [6.45, 7) is 2.83. The number of carbonyl (C=O) groups excluding carboxylic acids is 1. The summed E-state index contributed by atoms with van der Waals surface area (Å²) >= 11 is 12.6. The van der Waals surface area contributed by atoms with Crippen molar-refractivity contribution in [3.8, 4) is 17.3 Å². The van der Waals surface area contributed by atoms with Crippen molar-refractivity contribution in [2.75, 3.05) is 14.1 Å². The third-order valence-electron chi connectivity index (χ3n) is 5.58. The Morgan fingerprint density at radius 3 is 2.67 bits per heavy atom. The summed E-state index contributed by atoms with van der Waals surface area (Å²) in [6.07, 6.45) is 2.71. The van der Waals surface area contributed by atoms with Gasteiger partial charge in [0.25, 0.3) is 0 Å². The molecule has 1 aliphatic rings. The van der Waals surface area contributed by atoms with Crippen LogP contribution in [0.5, 0.6) is 5.75 Å². The number of urea groups is 1. The predicted octanol–water partition coefficient (Wildman–Crippen LogP) is 4.79. The first kappa shape index (κ1) is 21.5. The zero-order valence-corrected chi connectivity index (χ0v) is 19.7. The summed E-state index contributed by atoms with van der Waals surface area (Å²) in [5.74, 6) is 1.29. The number of halogens is 2. The van der Waals surface area contributed by atoms with E-state index >= 15 is 0 Å². The van der Waals surface area contributed by atoms with Crippen LogP contribution in [0, 0.1) is 0 Å². The fourth-order valence-electron chi connectivity index (χ4n) is 3.98. The van der Waals surface area contributed by atoms with Crippen molar-refractivity contribution in [3.05, 3.63) is 57.6 Å². The Hall–Kier alpha value is -3.30. The van der Waals surface area contributed by atoms with Gasteiger partial charge in [-0.05, 0) is 25.1 Å². The van der Waals surface area contributed by atoms with E-state index < -0.39 is 0 Å². The lowest BCUT2D eigenvalue weighted by atomic mass is 10.1. The molecule has 4 aromatic rings. The molecule has 0 saturated heterocycles. The number of amides is 2. The molecule has 4 heterocycles. The van der Waals surface area contributed by atoms with Gasteiger partial charge in [0.2, 0.25) is 0 Å². The first-order chi connectivity index (χ1) is 15.8. The lowest BCUT2D eigenvalue weighted by molar-refractivity contribution is 0.170. The highest BCUT2D eigenvalue weighted by Gasteiger charge is 2.29. The molecule has 11 heteroatoms. The van der Waals surface area contributed by atoms with Crippen LogP contribution in [0.1, 0.15) is 30.0 Å². The number of pyridine rings is 1. The molecule has 9 nitrogen and oxygen atoms in total. The lowest BCUT2D eigenvalue weighted by Gasteiger charge is -2.20. The SMILES string of the molecule is CC(Oc1ccc2[nH]nc(-c3nc4c([nH]3)CN(C(=O)N(C)C)C4)c2c1)c1c(Cl)cncc1Cl. The Labute approximate surface area is 199 Å². The number of aromatic amines is 2. The maximum atomic E-state index is 12.2. The Morgan fingerprint density at radius 1 is 1.21 bits per heavy atom. The normalized spacial score (nSPS) is 13.9. The van der Waals surface area contributed by atoms with E-state index in [2.05, 4.69) is 20.2 Å². The number of hydrogen-bond donors (Lipinski definition) is 2. The number of hydrogen-bond acceptors (Lipinski definition) is 5. The molecule has 0 aliphatic carbocycles. The standard InChI is InChI=1S/C22H21Cl2N7O2/c1-11(19-14(23)7-25-8-15(19)24)33-12-4-5-16-13(6-12)20(29-28-16)21-26-17-9-31(10-18(17)27-21)22(32)30(2)3/h4-8,11H,9-10H2,1-3H3,(H,26,27)(H,28,29). The minimum atomic E-state index is -0.381. The molecule has 1 aromatic carbocycles. The Kier molecular flexibility index (Phi) is 5.38. The maximum absolute atomic E-state index is 12.2. The zero-order valence-electron chi connectivity index (χ0n) is 18.2. The molecule has 0 spiro atoms. The van der Waals surface area contributed by atoms with E-state index in [-0.39, 0.29) is 12.1 Å². The summed E-state index contributed by atoms with van der Waals surface area (Å²) in [5, 5.41) is 9.25. The van der Waals surface area contributed by atoms with Crippen LogP contribution >= 0.6 is 23.2 Å². The first-order valence-electron chi connectivity index (χ1n) is 10.3. The van der Waals surface area contributed by atoms with E-state index in [9.17, 15) is 4.79 Å². The molecule has 1 aliphatic heterocycles. The molecule has 33 heavy (non-hydrogen) atoms. The summed E-state index contributed by atoms with van der Waals surface area (Å²) in [6, 6.07) is 5.62. The van der Waals surface area contributed by atoms with Crippen molar-refractivity contribution >= 4 is 40.1 Å². The van der Waals surface area contributed by atoms with Crippen molar-refractivity contribution in [1.82, 2.24) is 34.9 Å². The fourth-order valence-corrected chi connectivity index (χ4v) is 4.66. The number of rotatable bonds is 4. The van der Waals surface area contributed by atoms with Crippen molar-refractivity contribution in [1.29, 1.82) is 0 Å². The molecule has 1 unspecified atom stereocenters. The molecule has 0 bridgehead atoms. The van der Waals surface area contributed by atoms with Gasteiger partial charge in [0.15, 0.2) is 5.82 Å². The number of ether oxygens (including phenoxy) is 1. The van der Waals surface area contributed by atoms with Crippen LogP contribution in [0.3, 0.4) is 0 Å². The number of H-pyrrole nitrogens is 2. The van der Waals surface area contributed by atoms with Crippen LogP contribution in [-0.4, -0.2) is 55.1 Å². The molecule has 2 N–H and O–H groups in total. The second-order valence-corrected chi connectivity index (χ2v) is 8.91. The van der Waals surface area contributed by atoms with Gasteiger partial charge >= 0.3 is 6.03 Å². The highest BCUT2D eigenvalue weighted by molar-refractivity contribution is 6.35. The van der Waals surface area contributed by atoms with E-state index in [0.29, 0.717) is 46.0 Å². The average molecular weight is 486 g/mol. The van der Waals surface area contributed by atoms with E-state index in [4.69, 9.17) is 32.9 Å². The molecule has 0 saturated carbocycles.